The molecule has 1 heterocycles. The van der Waals surface area contributed by atoms with E-state index in [2.05, 4.69) is 23.3 Å². The first-order chi connectivity index (χ1) is 12.1. The molecule has 1 aliphatic rings. The summed E-state index contributed by atoms with van der Waals surface area (Å²) in [6.45, 7) is 4.94. The first-order valence-electron chi connectivity index (χ1n) is 9.07. The number of aliphatic imine (C=N–C) groups is 1. The fraction of sp³-hybridized carbons (Fsp3) is 0.500. The van der Waals surface area contributed by atoms with E-state index < -0.39 is 6.04 Å². The van der Waals surface area contributed by atoms with Crippen molar-refractivity contribution < 1.29 is 4.79 Å². The molecule has 0 bridgehead atoms. The van der Waals surface area contributed by atoms with Gasteiger partial charge in [-0.15, -0.1) is 0 Å². The second kappa shape index (κ2) is 9.24. The van der Waals surface area contributed by atoms with E-state index in [0.717, 1.165) is 37.1 Å². The van der Waals surface area contributed by atoms with E-state index in [1.54, 1.807) is 4.90 Å². The van der Waals surface area contributed by atoms with Gasteiger partial charge in [-0.25, -0.2) is 0 Å². The Hall–Kier alpha value is -2.32. The van der Waals surface area contributed by atoms with Gasteiger partial charge < -0.3 is 11.1 Å². The molecule has 25 heavy (non-hydrogen) atoms. The highest BCUT2D eigenvalue weighted by Gasteiger charge is 2.38. The number of nitrogens with one attached hydrogen (secondary N) is 1. The normalized spacial score (nSPS) is 17.8. The van der Waals surface area contributed by atoms with Crippen LogP contribution in [0.1, 0.15) is 45.1 Å². The summed E-state index contributed by atoms with van der Waals surface area (Å²) in [7, 11) is 0. The van der Waals surface area contributed by atoms with Crippen LogP contribution in [0.15, 0.2) is 29.3 Å². The molecule has 2 unspecified atom stereocenters. The molecule has 1 aromatic carbocycles. The van der Waals surface area contributed by atoms with Crippen LogP contribution in [0.2, 0.25) is 0 Å². The number of fused-ring (bicyclic) bond motifs is 1. The summed E-state index contributed by atoms with van der Waals surface area (Å²) in [5.41, 5.74) is 8.16. The molecule has 0 aliphatic carbocycles. The number of hydrogen-bond acceptors (Lipinski definition) is 3. The number of anilines is 1. The summed E-state index contributed by atoms with van der Waals surface area (Å²) >= 11 is 0. The van der Waals surface area contributed by atoms with Gasteiger partial charge in [0.05, 0.1) is 12.1 Å². The van der Waals surface area contributed by atoms with Crippen LogP contribution < -0.4 is 16.0 Å². The Kier molecular flexibility index (Phi) is 7.03. The molecule has 5 heteroatoms. The quantitative estimate of drug-likeness (QED) is 0.347. The van der Waals surface area contributed by atoms with Crippen molar-refractivity contribution in [2.45, 2.75) is 58.0 Å². The van der Waals surface area contributed by atoms with Crippen molar-refractivity contribution >= 4 is 17.4 Å². The number of nitrogens with zero attached hydrogens (tertiary/aromatic N) is 2. The molecule has 1 aliphatic heterocycles. The van der Waals surface area contributed by atoms with Gasteiger partial charge in [0.1, 0.15) is 5.84 Å². The minimum Gasteiger partial charge on any atom is -0.371 e. The Morgan fingerprint density at radius 3 is 2.88 bits per heavy atom. The maximum Gasteiger partial charge on any atom is 0.244 e. The minimum atomic E-state index is -0.513. The SMILES string of the molecule is C#CN=C(NCCCC)C1Cc2ccccc2N1C(=O)C(N)CCC. The Morgan fingerprint density at radius 2 is 2.20 bits per heavy atom. The van der Waals surface area contributed by atoms with Gasteiger partial charge in [0.2, 0.25) is 5.91 Å². The smallest absolute Gasteiger partial charge is 0.244 e. The summed E-state index contributed by atoms with van der Waals surface area (Å²) in [5.74, 6) is 0.600. The van der Waals surface area contributed by atoms with Crippen LogP contribution >= 0.6 is 0 Å². The largest absolute Gasteiger partial charge is 0.371 e. The maximum absolute atomic E-state index is 13.0. The van der Waals surface area contributed by atoms with Crippen LogP contribution in [0, 0.1) is 12.5 Å². The lowest BCUT2D eigenvalue weighted by Crippen LogP contribution is -2.53. The predicted octanol–water partition coefficient (Wildman–Crippen LogP) is 2.45. The number of unbranched alkanes of at least 4 members (excludes halogenated alkanes) is 1. The Morgan fingerprint density at radius 1 is 1.44 bits per heavy atom. The number of amides is 1. The van der Waals surface area contributed by atoms with Crippen molar-refractivity contribution in [2.75, 3.05) is 11.4 Å². The summed E-state index contributed by atoms with van der Waals surface area (Å²) in [6.07, 6.45) is 9.75. The number of para-hydroxylation sites is 1. The van der Waals surface area contributed by atoms with E-state index in [-0.39, 0.29) is 11.9 Å². The first-order valence-corrected chi connectivity index (χ1v) is 9.07. The standard InChI is InChI=1S/C20H28N4O/c1-4-7-13-23-19(22-6-3)18-14-15-11-8-9-12-17(15)24(18)20(25)16(21)10-5-2/h3,8-9,11-12,16,18H,4-5,7,10,13-14,21H2,1-2H3,(H,22,23). The number of benzene rings is 1. The molecule has 3 N–H and O–H groups in total. The van der Waals surface area contributed by atoms with Crippen molar-refractivity contribution in [3.63, 3.8) is 0 Å². The number of terminal acetylenes is 1. The molecule has 5 nitrogen and oxygen atoms in total. The molecule has 0 spiro atoms. The number of nitrogens with two attached hydrogens (primary N) is 1. The molecule has 2 rings (SSSR count). The molecular weight excluding hydrogens is 312 g/mol. The summed E-state index contributed by atoms with van der Waals surface area (Å²) in [5, 5.41) is 3.33. The molecule has 0 aromatic heterocycles. The molecular formula is C20H28N4O. The zero-order valence-corrected chi connectivity index (χ0v) is 15.2. The van der Waals surface area contributed by atoms with Gasteiger partial charge >= 0.3 is 0 Å². The van der Waals surface area contributed by atoms with Crippen LogP contribution in [0.4, 0.5) is 5.69 Å². The highest BCUT2D eigenvalue weighted by Crippen LogP contribution is 2.33. The molecule has 1 amide bonds. The summed E-state index contributed by atoms with van der Waals surface area (Å²) in [4.78, 5) is 19.0. The van der Waals surface area contributed by atoms with Crippen molar-refractivity contribution in [2.24, 2.45) is 10.7 Å². The number of amidine groups is 1. The molecule has 0 fully saturated rings. The highest BCUT2D eigenvalue weighted by atomic mass is 16.2. The van der Waals surface area contributed by atoms with Gasteiger partial charge in [-0.1, -0.05) is 51.3 Å². The van der Waals surface area contributed by atoms with Gasteiger partial charge in [0.15, 0.2) is 0 Å². The lowest BCUT2D eigenvalue weighted by molar-refractivity contribution is -0.120. The number of carbonyl (C=O) groups excluding carboxylic acids is 1. The lowest BCUT2D eigenvalue weighted by Gasteiger charge is -2.29. The van der Waals surface area contributed by atoms with E-state index in [0.29, 0.717) is 18.7 Å². The van der Waals surface area contributed by atoms with Gasteiger partial charge in [-0.2, -0.15) is 4.99 Å². The van der Waals surface area contributed by atoms with Gasteiger partial charge in [-0.05, 0) is 24.5 Å². The average Bonchev–Trinajstić information content (AvgIpc) is 3.00. The second-order valence-corrected chi connectivity index (χ2v) is 6.36. The number of rotatable bonds is 7. The van der Waals surface area contributed by atoms with Crippen molar-refractivity contribution in [1.82, 2.24) is 5.32 Å². The van der Waals surface area contributed by atoms with Gasteiger partial charge in [0.25, 0.3) is 0 Å². The fourth-order valence-corrected chi connectivity index (χ4v) is 3.18. The third-order valence-electron chi connectivity index (χ3n) is 4.47. The molecule has 0 saturated carbocycles. The second-order valence-electron chi connectivity index (χ2n) is 6.36. The van der Waals surface area contributed by atoms with E-state index in [9.17, 15) is 4.79 Å². The zero-order chi connectivity index (χ0) is 18.2. The first kappa shape index (κ1) is 19.0. The Bertz CT molecular complexity index is 662. The lowest BCUT2D eigenvalue weighted by atomic mass is 10.1. The Balaban J connectivity index is 2.33. The summed E-state index contributed by atoms with van der Waals surface area (Å²) < 4.78 is 0. The molecule has 2 atom stereocenters. The van der Waals surface area contributed by atoms with E-state index in [1.807, 2.05) is 31.2 Å². The maximum atomic E-state index is 13.0. The third-order valence-corrected chi connectivity index (χ3v) is 4.47. The zero-order valence-electron chi connectivity index (χ0n) is 15.2. The molecule has 134 valence electrons. The molecule has 1 aromatic rings. The topological polar surface area (TPSA) is 70.7 Å². The predicted molar refractivity (Wildman–Crippen MR) is 103 cm³/mol. The Labute approximate surface area is 150 Å². The van der Waals surface area contributed by atoms with Crippen LogP contribution in [0.5, 0.6) is 0 Å². The van der Waals surface area contributed by atoms with E-state index in [4.69, 9.17) is 12.2 Å². The van der Waals surface area contributed by atoms with Gasteiger partial charge in [-0.3, -0.25) is 9.69 Å². The fourth-order valence-electron chi connectivity index (χ4n) is 3.18. The number of hydrogen-bond donors (Lipinski definition) is 2. The van der Waals surface area contributed by atoms with Crippen molar-refractivity contribution in [1.29, 1.82) is 0 Å². The van der Waals surface area contributed by atoms with Crippen LogP contribution in [0.25, 0.3) is 0 Å². The highest BCUT2D eigenvalue weighted by molar-refractivity contribution is 6.07. The summed E-state index contributed by atoms with van der Waals surface area (Å²) in [6, 6.07) is 9.56. The van der Waals surface area contributed by atoms with Crippen LogP contribution in [-0.4, -0.2) is 30.4 Å². The van der Waals surface area contributed by atoms with E-state index >= 15 is 0 Å². The van der Waals surface area contributed by atoms with Crippen LogP contribution in [-0.2, 0) is 11.2 Å². The molecule has 0 radical (unpaired) electrons. The third kappa shape index (κ3) is 4.40. The van der Waals surface area contributed by atoms with E-state index in [1.165, 1.54) is 0 Å². The average molecular weight is 340 g/mol. The van der Waals surface area contributed by atoms with Crippen molar-refractivity contribution in [3.05, 3.63) is 29.8 Å². The minimum absolute atomic E-state index is 0.0705. The van der Waals surface area contributed by atoms with Gasteiger partial charge in [0, 0.05) is 24.7 Å². The van der Waals surface area contributed by atoms with Crippen LogP contribution in [0.3, 0.4) is 0 Å². The monoisotopic (exact) mass is 340 g/mol. The molecule has 0 saturated heterocycles. The van der Waals surface area contributed by atoms with Crippen molar-refractivity contribution in [3.8, 4) is 12.5 Å². The number of carbonyl (C=O) groups is 1.